The number of oxime groups is 1. The van der Waals surface area contributed by atoms with Gasteiger partial charge in [-0.3, -0.25) is 0 Å². The SMILES string of the molecule is CCC(CC(N)=NO)NC1CCCS(=O)(=O)C1. The number of hydrogen-bond acceptors (Lipinski definition) is 5. The van der Waals surface area contributed by atoms with Crippen LogP contribution in [0.3, 0.4) is 0 Å². The van der Waals surface area contributed by atoms with Gasteiger partial charge in [-0.25, -0.2) is 8.42 Å². The smallest absolute Gasteiger partial charge is 0.151 e. The zero-order chi connectivity index (χ0) is 12.9. The maximum Gasteiger partial charge on any atom is 0.151 e. The molecule has 6 nitrogen and oxygen atoms in total. The van der Waals surface area contributed by atoms with Gasteiger partial charge in [0.25, 0.3) is 0 Å². The highest BCUT2D eigenvalue weighted by molar-refractivity contribution is 7.91. The van der Waals surface area contributed by atoms with Crippen LogP contribution in [0.5, 0.6) is 0 Å². The lowest BCUT2D eigenvalue weighted by Crippen LogP contribution is -2.46. The summed E-state index contributed by atoms with van der Waals surface area (Å²) in [4.78, 5) is 0. The van der Waals surface area contributed by atoms with Crippen molar-refractivity contribution in [1.82, 2.24) is 5.32 Å². The Balaban J connectivity index is 2.50. The van der Waals surface area contributed by atoms with E-state index in [0.717, 1.165) is 12.8 Å². The monoisotopic (exact) mass is 263 g/mol. The Morgan fingerprint density at radius 1 is 1.65 bits per heavy atom. The molecule has 1 heterocycles. The van der Waals surface area contributed by atoms with E-state index >= 15 is 0 Å². The molecule has 0 radical (unpaired) electrons. The first-order chi connectivity index (χ1) is 7.96. The van der Waals surface area contributed by atoms with E-state index < -0.39 is 9.84 Å². The molecule has 0 aromatic carbocycles. The molecule has 0 aromatic heterocycles. The number of nitrogens with one attached hydrogen (secondary N) is 1. The lowest BCUT2D eigenvalue weighted by molar-refractivity contribution is 0.314. The van der Waals surface area contributed by atoms with Gasteiger partial charge < -0.3 is 16.3 Å². The molecule has 1 aliphatic heterocycles. The summed E-state index contributed by atoms with van der Waals surface area (Å²) in [6.07, 6.45) is 2.82. The average Bonchev–Trinajstić information content (AvgIpc) is 2.26. The molecule has 1 saturated heterocycles. The van der Waals surface area contributed by atoms with Crippen molar-refractivity contribution >= 4 is 15.7 Å². The maximum absolute atomic E-state index is 11.5. The molecular weight excluding hydrogens is 242 g/mol. The average molecular weight is 263 g/mol. The van der Waals surface area contributed by atoms with E-state index in [-0.39, 0.29) is 23.7 Å². The molecule has 0 spiro atoms. The summed E-state index contributed by atoms with van der Waals surface area (Å²) in [5.41, 5.74) is 5.45. The van der Waals surface area contributed by atoms with Crippen molar-refractivity contribution in [3.63, 3.8) is 0 Å². The second kappa shape index (κ2) is 6.20. The molecule has 1 aliphatic rings. The van der Waals surface area contributed by atoms with Crippen LogP contribution in [0.1, 0.15) is 32.6 Å². The highest BCUT2D eigenvalue weighted by atomic mass is 32.2. The van der Waals surface area contributed by atoms with E-state index in [1.807, 2.05) is 6.92 Å². The quantitative estimate of drug-likeness (QED) is 0.282. The van der Waals surface area contributed by atoms with Gasteiger partial charge in [-0.15, -0.1) is 0 Å². The summed E-state index contributed by atoms with van der Waals surface area (Å²) in [7, 11) is -2.89. The summed E-state index contributed by atoms with van der Waals surface area (Å²) < 4.78 is 23.0. The lowest BCUT2D eigenvalue weighted by Gasteiger charge is -2.27. The zero-order valence-corrected chi connectivity index (χ0v) is 10.9. The number of sulfone groups is 1. The third-order valence-electron chi connectivity index (χ3n) is 3.01. The summed E-state index contributed by atoms with van der Waals surface area (Å²) in [6.45, 7) is 1.99. The fourth-order valence-corrected chi connectivity index (χ4v) is 3.75. The summed E-state index contributed by atoms with van der Waals surface area (Å²) in [5.74, 6) is 0.657. The highest BCUT2D eigenvalue weighted by Gasteiger charge is 2.26. The van der Waals surface area contributed by atoms with Gasteiger partial charge in [0.05, 0.1) is 11.5 Å². The Morgan fingerprint density at radius 2 is 2.35 bits per heavy atom. The summed E-state index contributed by atoms with van der Waals surface area (Å²) in [5, 5.41) is 14.7. The largest absolute Gasteiger partial charge is 0.409 e. The van der Waals surface area contributed by atoms with E-state index in [9.17, 15) is 8.42 Å². The lowest BCUT2D eigenvalue weighted by atomic mass is 10.1. The van der Waals surface area contributed by atoms with E-state index in [1.165, 1.54) is 0 Å². The Bertz CT molecular complexity index is 367. The van der Waals surface area contributed by atoms with Gasteiger partial charge in [-0.05, 0) is 19.3 Å². The van der Waals surface area contributed by atoms with Crippen LogP contribution in [0.2, 0.25) is 0 Å². The van der Waals surface area contributed by atoms with Crippen LogP contribution >= 0.6 is 0 Å². The minimum Gasteiger partial charge on any atom is -0.409 e. The molecule has 1 fully saturated rings. The fraction of sp³-hybridized carbons (Fsp3) is 0.900. The minimum atomic E-state index is -2.89. The molecule has 0 saturated carbocycles. The molecule has 17 heavy (non-hydrogen) atoms. The Morgan fingerprint density at radius 3 is 2.88 bits per heavy atom. The van der Waals surface area contributed by atoms with Gasteiger partial charge in [0.15, 0.2) is 9.84 Å². The van der Waals surface area contributed by atoms with Crippen molar-refractivity contribution in [2.24, 2.45) is 10.9 Å². The maximum atomic E-state index is 11.5. The van der Waals surface area contributed by atoms with E-state index in [4.69, 9.17) is 10.9 Å². The van der Waals surface area contributed by atoms with Gasteiger partial charge in [-0.1, -0.05) is 12.1 Å². The van der Waals surface area contributed by atoms with Crippen LogP contribution in [0, 0.1) is 0 Å². The fourth-order valence-electron chi connectivity index (χ4n) is 2.10. The first kappa shape index (κ1) is 14.2. The van der Waals surface area contributed by atoms with Gasteiger partial charge in [0.2, 0.25) is 0 Å². The predicted octanol–water partition coefficient (Wildman–Crippen LogP) is 0.0683. The van der Waals surface area contributed by atoms with Crippen molar-refractivity contribution in [2.45, 2.75) is 44.7 Å². The van der Waals surface area contributed by atoms with Gasteiger partial charge in [0.1, 0.15) is 5.84 Å². The molecule has 1 rings (SSSR count). The minimum absolute atomic E-state index is 0.00908. The van der Waals surface area contributed by atoms with Crippen LogP contribution in [0.25, 0.3) is 0 Å². The van der Waals surface area contributed by atoms with E-state index in [2.05, 4.69) is 10.5 Å². The number of nitrogens with zero attached hydrogens (tertiary/aromatic N) is 1. The van der Waals surface area contributed by atoms with Crippen LogP contribution < -0.4 is 11.1 Å². The van der Waals surface area contributed by atoms with Crippen molar-refractivity contribution in [3.05, 3.63) is 0 Å². The van der Waals surface area contributed by atoms with Crippen LogP contribution in [-0.4, -0.2) is 43.1 Å². The van der Waals surface area contributed by atoms with Gasteiger partial charge >= 0.3 is 0 Å². The first-order valence-corrected chi connectivity index (χ1v) is 7.72. The van der Waals surface area contributed by atoms with Crippen molar-refractivity contribution in [2.75, 3.05) is 11.5 Å². The van der Waals surface area contributed by atoms with Crippen LogP contribution in [-0.2, 0) is 9.84 Å². The van der Waals surface area contributed by atoms with Crippen molar-refractivity contribution in [1.29, 1.82) is 0 Å². The molecule has 0 aliphatic carbocycles. The molecule has 2 atom stereocenters. The third-order valence-corrected chi connectivity index (χ3v) is 4.83. The standard InChI is InChI=1S/C10H21N3O3S/c1-2-8(6-10(11)13-14)12-9-4-3-5-17(15,16)7-9/h8-9,12,14H,2-7H2,1H3,(H2,11,13). The highest BCUT2D eigenvalue weighted by Crippen LogP contribution is 2.13. The predicted molar refractivity (Wildman–Crippen MR) is 66.9 cm³/mol. The molecule has 2 unspecified atom stereocenters. The topological polar surface area (TPSA) is 105 Å². The van der Waals surface area contributed by atoms with Crippen molar-refractivity contribution < 1.29 is 13.6 Å². The second-order valence-corrected chi connectivity index (χ2v) is 6.75. The Labute approximate surface area is 102 Å². The van der Waals surface area contributed by atoms with Crippen molar-refractivity contribution in [3.8, 4) is 0 Å². The van der Waals surface area contributed by atoms with Crippen LogP contribution in [0.15, 0.2) is 5.16 Å². The summed E-state index contributed by atoms with van der Waals surface area (Å²) in [6, 6.07) is 0.0504. The molecule has 0 aromatic rings. The molecule has 0 bridgehead atoms. The Hall–Kier alpha value is -0.820. The molecule has 7 heteroatoms. The van der Waals surface area contributed by atoms with Gasteiger partial charge in [0, 0.05) is 18.5 Å². The molecule has 4 N–H and O–H groups in total. The zero-order valence-electron chi connectivity index (χ0n) is 10.1. The van der Waals surface area contributed by atoms with E-state index in [0.29, 0.717) is 18.6 Å². The third kappa shape index (κ3) is 4.91. The van der Waals surface area contributed by atoms with E-state index in [1.54, 1.807) is 0 Å². The van der Waals surface area contributed by atoms with Gasteiger partial charge in [-0.2, -0.15) is 0 Å². The summed E-state index contributed by atoms with van der Waals surface area (Å²) >= 11 is 0. The molecule has 100 valence electrons. The normalized spacial score (nSPS) is 26.6. The Kier molecular flexibility index (Phi) is 5.20. The number of nitrogens with two attached hydrogens (primary N) is 1. The number of amidine groups is 1. The first-order valence-electron chi connectivity index (χ1n) is 5.89. The van der Waals surface area contributed by atoms with Crippen LogP contribution in [0.4, 0.5) is 0 Å². The number of rotatable bonds is 5. The second-order valence-electron chi connectivity index (χ2n) is 4.52. The molecular formula is C10H21N3O3S. The molecule has 0 amide bonds. The number of hydrogen-bond donors (Lipinski definition) is 3.